The molecule has 19 heavy (non-hydrogen) atoms. The molecule has 2 aromatic carbocycles. The number of hydrogen-bond acceptors (Lipinski definition) is 1. The summed E-state index contributed by atoms with van der Waals surface area (Å²) in [6.45, 7) is 0. The van der Waals surface area contributed by atoms with Crippen molar-refractivity contribution in [3.05, 3.63) is 71.3 Å². The average molecular weight is 261 g/mol. The first-order chi connectivity index (χ1) is 9.11. The highest BCUT2D eigenvalue weighted by molar-refractivity contribution is 5.86. The van der Waals surface area contributed by atoms with E-state index < -0.39 is 5.92 Å². The van der Waals surface area contributed by atoms with Crippen LogP contribution in [-0.2, 0) is 4.79 Å². The molecule has 2 nitrogen and oxygen atoms in total. The molecular formula is C15H13F2NO. The van der Waals surface area contributed by atoms with Crippen LogP contribution in [-0.4, -0.2) is 13.0 Å². The molecule has 0 unspecified atom stereocenters. The third-order valence-corrected chi connectivity index (χ3v) is 2.92. The SMILES string of the molecule is CNC(=O)C(c1ccc(F)cc1)c1ccc(F)cc1. The number of carbonyl (C=O) groups excluding carboxylic acids is 1. The summed E-state index contributed by atoms with van der Waals surface area (Å²) < 4.78 is 25.9. The van der Waals surface area contributed by atoms with Gasteiger partial charge in [-0.05, 0) is 35.4 Å². The summed E-state index contributed by atoms with van der Waals surface area (Å²) >= 11 is 0. The number of rotatable bonds is 3. The Kier molecular flexibility index (Phi) is 3.90. The second-order valence-electron chi connectivity index (χ2n) is 4.15. The van der Waals surface area contributed by atoms with Crippen LogP contribution in [0, 0.1) is 11.6 Å². The zero-order valence-electron chi connectivity index (χ0n) is 10.4. The Bertz CT molecular complexity index is 518. The molecule has 0 atom stereocenters. The number of amides is 1. The summed E-state index contributed by atoms with van der Waals surface area (Å²) in [4.78, 5) is 12.0. The first-order valence-corrected chi connectivity index (χ1v) is 5.84. The molecule has 0 aliphatic heterocycles. The van der Waals surface area contributed by atoms with Crippen LogP contribution in [0.1, 0.15) is 17.0 Å². The zero-order valence-corrected chi connectivity index (χ0v) is 10.4. The van der Waals surface area contributed by atoms with Gasteiger partial charge in [0.1, 0.15) is 11.6 Å². The predicted octanol–water partition coefficient (Wildman–Crippen LogP) is 2.84. The summed E-state index contributed by atoms with van der Waals surface area (Å²) in [6, 6.07) is 11.4. The van der Waals surface area contributed by atoms with E-state index in [1.807, 2.05) is 0 Å². The Morgan fingerprint density at radius 3 is 1.58 bits per heavy atom. The van der Waals surface area contributed by atoms with Gasteiger partial charge >= 0.3 is 0 Å². The van der Waals surface area contributed by atoms with Crippen LogP contribution in [0.25, 0.3) is 0 Å². The van der Waals surface area contributed by atoms with Gasteiger partial charge in [0.2, 0.25) is 5.91 Å². The lowest BCUT2D eigenvalue weighted by Crippen LogP contribution is -2.26. The molecule has 0 bridgehead atoms. The van der Waals surface area contributed by atoms with Gasteiger partial charge in [0, 0.05) is 7.05 Å². The molecule has 0 saturated carbocycles. The van der Waals surface area contributed by atoms with Crippen molar-refractivity contribution >= 4 is 5.91 Å². The highest BCUT2D eigenvalue weighted by Crippen LogP contribution is 2.25. The summed E-state index contributed by atoms with van der Waals surface area (Å²) in [5.74, 6) is -1.53. The van der Waals surface area contributed by atoms with Gasteiger partial charge in [0.15, 0.2) is 0 Å². The third kappa shape index (κ3) is 2.96. The molecule has 98 valence electrons. The lowest BCUT2D eigenvalue weighted by Gasteiger charge is -2.16. The maximum absolute atomic E-state index is 12.9. The van der Waals surface area contributed by atoms with Crippen molar-refractivity contribution in [2.45, 2.75) is 5.92 Å². The van der Waals surface area contributed by atoms with Crippen molar-refractivity contribution in [3.8, 4) is 0 Å². The van der Waals surface area contributed by atoms with Gasteiger partial charge in [0.05, 0.1) is 5.92 Å². The number of carbonyl (C=O) groups is 1. The molecule has 0 saturated heterocycles. The number of likely N-dealkylation sites (N-methyl/N-ethyl adjacent to an activating group) is 1. The van der Waals surface area contributed by atoms with E-state index in [0.29, 0.717) is 11.1 Å². The fourth-order valence-corrected chi connectivity index (χ4v) is 1.95. The Morgan fingerprint density at radius 2 is 1.26 bits per heavy atom. The van der Waals surface area contributed by atoms with Crippen molar-refractivity contribution in [1.29, 1.82) is 0 Å². The number of halogens is 2. The third-order valence-electron chi connectivity index (χ3n) is 2.92. The smallest absolute Gasteiger partial charge is 0.231 e. The Labute approximate surface area is 110 Å². The maximum atomic E-state index is 12.9. The lowest BCUT2D eigenvalue weighted by molar-refractivity contribution is -0.121. The monoisotopic (exact) mass is 261 g/mol. The molecule has 2 aromatic rings. The topological polar surface area (TPSA) is 29.1 Å². The molecule has 1 amide bonds. The van der Waals surface area contributed by atoms with Crippen LogP contribution in [0.3, 0.4) is 0 Å². The minimum atomic E-state index is -0.578. The molecule has 2 rings (SSSR count). The highest BCUT2D eigenvalue weighted by atomic mass is 19.1. The Hall–Kier alpha value is -2.23. The molecule has 4 heteroatoms. The highest BCUT2D eigenvalue weighted by Gasteiger charge is 2.21. The van der Waals surface area contributed by atoms with Gasteiger partial charge in [-0.25, -0.2) is 8.78 Å². The standard InChI is InChI=1S/C15H13F2NO/c1-18-15(19)14(10-2-6-12(16)7-3-10)11-4-8-13(17)9-5-11/h2-9,14H,1H3,(H,18,19). The minimum absolute atomic E-state index is 0.224. The molecule has 1 N–H and O–H groups in total. The van der Waals surface area contributed by atoms with Crippen LogP contribution < -0.4 is 5.32 Å². The average Bonchev–Trinajstić information content (AvgIpc) is 2.43. The van der Waals surface area contributed by atoms with E-state index in [4.69, 9.17) is 0 Å². The molecule has 0 spiro atoms. The quantitative estimate of drug-likeness (QED) is 0.904. The molecule has 0 heterocycles. The molecule has 0 aliphatic carbocycles. The Morgan fingerprint density at radius 1 is 0.895 bits per heavy atom. The summed E-state index contributed by atoms with van der Waals surface area (Å²) in [6.07, 6.45) is 0. The van der Waals surface area contributed by atoms with Crippen molar-refractivity contribution in [2.75, 3.05) is 7.05 Å². The van der Waals surface area contributed by atoms with Crippen molar-refractivity contribution < 1.29 is 13.6 Å². The van der Waals surface area contributed by atoms with E-state index in [1.54, 1.807) is 24.3 Å². The minimum Gasteiger partial charge on any atom is -0.358 e. The van der Waals surface area contributed by atoms with Crippen LogP contribution in [0.5, 0.6) is 0 Å². The fourth-order valence-electron chi connectivity index (χ4n) is 1.95. The van der Waals surface area contributed by atoms with Gasteiger partial charge in [-0.2, -0.15) is 0 Å². The first-order valence-electron chi connectivity index (χ1n) is 5.84. The largest absolute Gasteiger partial charge is 0.358 e. The van der Waals surface area contributed by atoms with Gasteiger partial charge < -0.3 is 5.32 Å². The van der Waals surface area contributed by atoms with E-state index in [2.05, 4.69) is 5.32 Å². The lowest BCUT2D eigenvalue weighted by atomic mass is 9.90. The predicted molar refractivity (Wildman–Crippen MR) is 68.7 cm³/mol. The van der Waals surface area contributed by atoms with Gasteiger partial charge in [-0.1, -0.05) is 24.3 Å². The van der Waals surface area contributed by atoms with Gasteiger partial charge in [-0.15, -0.1) is 0 Å². The van der Waals surface area contributed by atoms with Crippen LogP contribution >= 0.6 is 0 Å². The fraction of sp³-hybridized carbons (Fsp3) is 0.133. The molecule has 0 aliphatic rings. The molecule has 0 fully saturated rings. The van der Waals surface area contributed by atoms with Crippen LogP contribution in [0.4, 0.5) is 8.78 Å². The van der Waals surface area contributed by atoms with Gasteiger partial charge in [0.25, 0.3) is 0 Å². The van der Waals surface area contributed by atoms with E-state index >= 15 is 0 Å². The normalized spacial score (nSPS) is 10.5. The van der Waals surface area contributed by atoms with Crippen molar-refractivity contribution in [1.82, 2.24) is 5.32 Å². The number of benzene rings is 2. The summed E-state index contributed by atoms with van der Waals surface area (Å²) in [5.41, 5.74) is 1.32. The molecular weight excluding hydrogens is 248 g/mol. The van der Waals surface area contributed by atoms with Crippen molar-refractivity contribution in [3.63, 3.8) is 0 Å². The summed E-state index contributed by atoms with van der Waals surface area (Å²) in [5, 5.41) is 2.56. The van der Waals surface area contributed by atoms with Crippen LogP contribution in [0.2, 0.25) is 0 Å². The molecule has 0 radical (unpaired) electrons. The van der Waals surface area contributed by atoms with E-state index in [0.717, 1.165) is 0 Å². The Balaban J connectivity index is 2.44. The maximum Gasteiger partial charge on any atom is 0.231 e. The number of nitrogens with one attached hydrogen (secondary N) is 1. The second-order valence-corrected chi connectivity index (χ2v) is 4.15. The second kappa shape index (κ2) is 5.61. The summed E-state index contributed by atoms with van der Waals surface area (Å²) in [7, 11) is 1.53. The first kappa shape index (κ1) is 13.2. The van der Waals surface area contributed by atoms with E-state index in [1.165, 1.54) is 31.3 Å². The number of hydrogen-bond donors (Lipinski definition) is 1. The van der Waals surface area contributed by atoms with Crippen molar-refractivity contribution in [2.24, 2.45) is 0 Å². The zero-order chi connectivity index (χ0) is 13.8. The van der Waals surface area contributed by atoms with Crippen LogP contribution in [0.15, 0.2) is 48.5 Å². The molecule has 0 aromatic heterocycles. The van der Waals surface area contributed by atoms with E-state index in [9.17, 15) is 13.6 Å². The van der Waals surface area contributed by atoms with E-state index in [-0.39, 0.29) is 17.5 Å². The van der Waals surface area contributed by atoms with Gasteiger partial charge in [-0.3, -0.25) is 4.79 Å².